The first-order valence-corrected chi connectivity index (χ1v) is 11.3. The highest BCUT2D eigenvalue weighted by Gasteiger charge is 2.30. The average molecular weight is 449 g/mol. The molecule has 3 aromatic rings. The fraction of sp³-hybridized carbons (Fsp3) is 0.259. The van der Waals surface area contributed by atoms with E-state index < -0.39 is 6.04 Å². The summed E-state index contributed by atoms with van der Waals surface area (Å²) in [5.41, 5.74) is 2.73. The van der Waals surface area contributed by atoms with Crippen LogP contribution in [0.3, 0.4) is 0 Å². The van der Waals surface area contributed by atoms with Crippen LogP contribution in [0.25, 0.3) is 0 Å². The molecule has 0 fully saturated rings. The number of hydrogen-bond donors (Lipinski definition) is 1. The summed E-state index contributed by atoms with van der Waals surface area (Å²) in [6.45, 7) is 2.93. The van der Waals surface area contributed by atoms with Crippen molar-refractivity contribution in [3.63, 3.8) is 0 Å². The van der Waals surface area contributed by atoms with Crippen molar-refractivity contribution in [2.75, 3.05) is 6.54 Å². The summed E-state index contributed by atoms with van der Waals surface area (Å²) in [4.78, 5) is 28.5. The van der Waals surface area contributed by atoms with Crippen molar-refractivity contribution in [3.05, 3.63) is 107 Å². The lowest BCUT2D eigenvalue weighted by Gasteiger charge is -2.31. The van der Waals surface area contributed by atoms with E-state index in [4.69, 9.17) is 11.6 Å². The van der Waals surface area contributed by atoms with Crippen LogP contribution in [0.5, 0.6) is 0 Å². The largest absolute Gasteiger partial charge is 0.354 e. The highest BCUT2D eigenvalue weighted by atomic mass is 35.5. The third-order valence-electron chi connectivity index (χ3n) is 5.32. The molecule has 0 unspecified atom stereocenters. The standard InChI is InChI=1S/C27H29ClN2O2/c1-2-17-29-27(32)25(18-21-11-5-3-6-12-21)30(20-22-13-7-4-8-14-22)26(31)19-23-15-9-10-16-24(23)28/h3-16,25H,2,17-20H2,1H3,(H,29,32)/t25-/m0/s1. The molecule has 1 N–H and O–H groups in total. The first-order valence-electron chi connectivity index (χ1n) is 11.0. The molecule has 0 saturated heterocycles. The Morgan fingerprint density at radius 1 is 0.875 bits per heavy atom. The molecule has 3 aromatic carbocycles. The average Bonchev–Trinajstić information content (AvgIpc) is 2.82. The van der Waals surface area contributed by atoms with Crippen LogP contribution in [0, 0.1) is 0 Å². The van der Waals surface area contributed by atoms with E-state index in [0.29, 0.717) is 24.5 Å². The van der Waals surface area contributed by atoms with E-state index in [0.717, 1.165) is 23.1 Å². The monoisotopic (exact) mass is 448 g/mol. The number of halogens is 1. The summed E-state index contributed by atoms with van der Waals surface area (Å²) < 4.78 is 0. The normalized spacial score (nSPS) is 11.6. The molecular formula is C27H29ClN2O2. The van der Waals surface area contributed by atoms with Gasteiger partial charge in [-0.15, -0.1) is 0 Å². The highest BCUT2D eigenvalue weighted by molar-refractivity contribution is 6.31. The molecule has 2 amide bonds. The van der Waals surface area contributed by atoms with E-state index in [1.165, 1.54) is 0 Å². The fourth-order valence-electron chi connectivity index (χ4n) is 3.61. The summed E-state index contributed by atoms with van der Waals surface area (Å²) in [6.07, 6.45) is 1.41. The number of nitrogens with one attached hydrogen (secondary N) is 1. The van der Waals surface area contributed by atoms with Crippen molar-refractivity contribution in [1.82, 2.24) is 10.2 Å². The van der Waals surface area contributed by atoms with Crippen molar-refractivity contribution in [2.24, 2.45) is 0 Å². The van der Waals surface area contributed by atoms with Crippen LogP contribution >= 0.6 is 11.6 Å². The van der Waals surface area contributed by atoms with Crippen molar-refractivity contribution in [3.8, 4) is 0 Å². The van der Waals surface area contributed by atoms with E-state index in [1.807, 2.05) is 85.8 Å². The Hall–Kier alpha value is -3.11. The Morgan fingerprint density at radius 3 is 2.09 bits per heavy atom. The minimum absolute atomic E-state index is 0.130. The number of carbonyl (C=O) groups excluding carboxylic acids is 2. The maximum atomic E-state index is 13.6. The highest BCUT2D eigenvalue weighted by Crippen LogP contribution is 2.20. The zero-order valence-corrected chi connectivity index (χ0v) is 19.1. The number of nitrogens with zero attached hydrogens (tertiary/aromatic N) is 1. The van der Waals surface area contributed by atoms with Gasteiger partial charge in [-0.1, -0.05) is 97.4 Å². The maximum Gasteiger partial charge on any atom is 0.243 e. The van der Waals surface area contributed by atoms with Gasteiger partial charge < -0.3 is 10.2 Å². The van der Waals surface area contributed by atoms with Crippen molar-refractivity contribution in [1.29, 1.82) is 0 Å². The lowest BCUT2D eigenvalue weighted by molar-refractivity contribution is -0.140. The molecule has 32 heavy (non-hydrogen) atoms. The number of hydrogen-bond acceptors (Lipinski definition) is 2. The first-order chi connectivity index (χ1) is 15.6. The predicted molar refractivity (Wildman–Crippen MR) is 129 cm³/mol. The SMILES string of the molecule is CCCNC(=O)[C@H](Cc1ccccc1)N(Cc1ccccc1)C(=O)Cc1ccccc1Cl. The molecule has 0 saturated carbocycles. The van der Waals surface area contributed by atoms with Crippen molar-refractivity contribution in [2.45, 2.75) is 38.8 Å². The van der Waals surface area contributed by atoms with Gasteiger partial charge in [0.1, 0.15) is 6.04 Å². The van der Waals surface area contributed by atoms with Gasteiger partial charge in [0.05, 0.1) is 6.42 Å². The molecule has 166 valence electrons. The Balaban J connectivity index is 1.94. The molecular weight excluding hydrogens is 420 g/mol. The zero-order chi connectivity index (χ0) is 22.8. The second kappa shape index (κ2) is 12.1. The minimum Gasteiger partial charge on any atom is -0.354 e. The summed E-state index contributed by atoms with van der Waals surface area (Å²) in [5, 5.41) is 3.54. The zero-order valence-electron chi connectivity index (χ0n) is 18.3. The molecule has 0 aromatic heterocycles. The quantitative estimate of drug-likeness (QED) is 0.472. The third-order valence-corrected chi connectivity index (χ3v) is 5.68. The van der Waals surface area contributed by atoms with E-state index in [-0.39, 0.29) is 18.2 Å². The lowest BCUT2D eigenvalue weighted by atomic mass is 10.0. The number of carbonyl (C=O) groups is 2. The van der Waals surface area contributed by atoms with Gasteiger partial charge in [0, 0.05) is 24.5 Å². The summed E-state index contributed by atoms with van der Waals surface area (Å²) in [7, 11) is 0. The molecule has 0 aliphatic carbocycles. The molecule has 0 radical (unpaired) electrons. The van der Waals surface area contributed by atoms with Crippen LogP contribution in [0.2, 0.25) is 5.02 Å². The van der Waals surface area contributed by atoms with Gasteiger partial charge >= 0.3 is 0 Å². The second-order valence-electron chi connectivity index (χ2n) is 7.77. The Labute approximate surface area is 195 Å². The van der Waals surface area contributed by atoms with Gasteiger partial charge in [0.2, 0.25) is 11.8 Å². The second-order valence-corrected chi connectivity index (χ2v) is 8.18. The molecule has 0 spiro atoms. The molecule has 0 bridgehead atoms. The predicted octanol–water partition coefficient (Wildman–Crippen LogP) is 5.05. The van der Waals surface area contributed by atoms with Crippen LogP contribution in [-0.4, -0.2) is 29.3 Å². The van der Waals surface area contributed by atoms with Gasteiger partial charge in [-0.25, -0.2) is 0 Å². The topological polar surface area (TPSA) is 49.4 Å². The van der Waals surface area contributed by atoms with Crippen LogP contribution in [0.15, 0.2) is 84.9 Å². The molecule has 3 rings (SSSR count). The molecule has 0 heterocycles. The van der Waals surface area contributed by atoms with E-state index >= 15 is 0 Å². The number of benzene rings is 3. The lowest BCUT2D eigenvalue weighted by Crippen LogP contribution is -2.51. The van der Waals surface area contributed by atoms with Crippen molar-refractivity contribution >= 4 is 23.4 Å². The number of rotatable bonds is 10. The van der Waals surface area contributed by atoms with E-state index in [1.54, 1.807) is 11.0 Å². The number of amides is 2. The maximum absolute atomic E-state index is 13.6. The Kier molecular flexibility index (Phi) is 8.88. The van der Waals surface area contributed by atoms with Gasteiger partial charge in [0.25, 0.3) is 0 Å². The fourth-order valence-corrected chi connectivity index (χ4v) is 3.81. The van der Waals surface area contributed by atoms with Gasteiger partial charge in [-0.3, -0.25) is 9.59 Å². The van der Waals surface area contributed by atoms with Gasteiger partial charge in [-0.2, -0.15) is 0 Å². The van der Waals surface area contributed by atoms with Crippen LogP contribution in [0.1, 0.15) is 30.0 Å². The molecule has 0 aliphatic rings. The summed E-state index contributed by atoms with van der Waals surface area (Å²) in [6, 6.07) is 26.3. The summed E-state index contributed by atoms with van der Waals surface area (Å²) >= 11 is 6.32. The van der Waals surface area contributed by atoms with Crippen molar-refractivity contribution < 1.29 is 9.59 Å². The smallest absolute Gasteiger partial charge is 0.243 e. The molecule has 1 atom stereocenters. The Morgan fingerprint density at radius 2 is 1.47 bits per heavy atom. The third kappa shape index (κ3) is 6.69. The van der Waals surface area contributed by atoms with Crippen LogP contribution in [0.4, 0.5) is 0 Å². The van der Waals surface area contributed by atoms with E-state index in [2.05, 4.69) is 5.32 Å². The Bertz CT molecular complexity index is 1010. The van der Waals surface area contributed by atoms with Crippen LogP contribution < -0.4 is 5.32 Å². The van der Waals surface area contributed by atoms with Gasteiger partial charge in [-0.05, 0) is 29.2 Å². The molecule has 5 heteroatoms. The first kappa shape index (κ1) is 23.6. The van der Waals surface area contributed by atoms with Crippen LogP contribution in [-0.2, 0) is 29.0 Å². The summed E-state index contributed by atoms with van der Waals surface area (Å²) in [5.74, 6) is -0.270. The minimum atomic E-state index is -0.626. The molecule has 0 aliphatic heterocycles. The van der Waals surface area contributed by atoms with Gasteiger partial charge in [0.15, 0.2) is 0 Å². The van der Waals surface area contributed by atoms with E-state index in [9.17, 15) is 9.59 Å². The molecule has 4 nitrogen and oxygen atoms in total.